The summed E-state index contributed by atoms with van der Waals surface area (Å²) in [6, 6.07) is 6.57. The topological polar surface area (TPSA) is 64.9 Å². The third kappa shape index (κ3) is 4.19. The minimum atomic E-state index is -4.34. The summed E-state index contributed by atoms with van der Waals surface area (Å²) < 4.78 is 37.9. The van der Waals surface area contributed by atoms with Crippen LogP contribution in [-0.4, -0.2) is 11.0 Å². The Labute approximate surface area is 120 Å². The van der Waals surface area contributed by atoms with E-state index in [2.05, 4.69) is 4.98 Å². The van der Waals surface area contributed by atoms with Gasteiger partial charge in [0.1, 0.15) is 0 Å². The Morgan fingerprint density at radius 3 is 2.57 bits per heavy atom. The van der Waals surface area contributed by atoms with Crippen molar-refractivity contribution in [1.29, 1.82) is 0 Å². The van der Waals surface area contributed by atoms with E-state index in [9.17, 15) is 13.2 Å². The highest BCUT2D eigenvalue weighted by molar-refractivity contribution is 5.44. The Balaban J connectivity index is 2.06. The highest BCUT2D eigenvalue weighted by atomic mass is 19.4. The van der Waals surface area contributed by atoms with Crippen molar-refractivity contribution < 1.29 is 13.2 Å². The van der Waals surface area contributed by atoms with Gasteiger partial charge in [0.25, 0.3) is 0 Å². The molecule has 2 aromatic rings. The van der Waals surface area contributed by atoms with Gasteiger partial charge in [-0.05, 0) is 36.1 Å². The molecule has 0 aliphatic carbocycles. The van der Waals surface area contributed by atoms with E-state index in [0.29, 0.717) is 24.1 Å². The van der Waals surface area contributed by atoms with E-state index in [0.717, 1.165) is 17.7 Å². The van der Waals surface area contributed by atoms with Crippen molar-refractivity contribution in [2.75, 3.05) is 5.73 Å². The van der Waals surface area contributed by atoms with Crippen LogP contribution in [0.3, 0.4) is 0 Å². The molecule has 0 aliphatic rings. The predicted octanol–water partition coefficient (Wildman–Crippen LogP) is 2.80. The maximum Gasteiger partial charge on any atom is 0.416 e. The van der Waals surface area contributed by atoms with Gasteiger partial charge in [-0.25, -0.2) is 0 Å². The number of nitrogens with two attached hydrogens (primary N) is 2. The first-order chi connectivity index (χ1) is 9.86. The molecule has 1 aromatic carbocycles. The van der Waals surface area contributed by atoms with Crippen LogP contribution in [-0.2, 0) is 19.0 Å². The number of alkyl halides is 3. The van der Waals surface area contributed by atoms with E-state index in [1.807, 2.05) is 0 Å². The third-order valence-corrected chi connectivity index (χ3v) is 3.18. The lowest BCUT2D eigenvalue weighted by Crippen LogP contribution is -2.26. The van der Waals surface area contributed by atoms with Crippen LogP contribution in [0.25, 0.3) is 0 Å². The molecule has 0 amide bonds. The van der Waals surface area contributed by atoms with E-state index >= 15 is 0 Å². The number of benzene rings is 1. The molecule has 0 fully saturated rings. The molecule has 0 bridgehead atoms. The SMILES string of the molecule is Nc1ccncc1CC(N)Cc1cccc(C(F)(F)F)c1. The Bertz CT molecular complexity index is 611. The number of halogens is 3. The highest BCUT2D eigenvalue weighted by Gasteiger charge is 2.30. The molecule has 6 heteroatoms. The number of nitrogen functional groups attached to an aromatic ring is 1. The van der Waals surface area contributed by atoms with Crippen LogP contribution >= 0.6 is 0 Å². The third-order valence-electron chi connectivity index (χ3n) is 3.18. The van der Waals surface area contributed by atoms with E-state index in [4.69, 9.17) is 11.5 Å². The van der Waals surface area contributed by atoms with Crippen molar-refractivity contribution in [3.8, 4) is 0 Å². The number of nitrogens with zero attached hydrogens (tertiary/aromatic N) is 1. The fraction of sp³-hybridized carbons (Fsp3) is 0.267. The molecule has 112 valence electrons. The second-order valence-electron chi connectivity index (χ2n) is 4.94. The number of hydrogen-bond acceptors (Lipinski definition) is 3. The quantitative estimate of drug-likeness (QED) is 0.911. The Kier molecular flexibility index (Phi) is 4.47. The van der Waals surface area contributed by atoms with Gasteiger partial charge in [0.05, 0.1) is 5.56 Å². The summed E-state index contributed by atoms with van der Waals surface area (Å²) in [4.78, 5) is 3.97. The number of hydrogen-bond donors (Lipinski definition) is 2. The van der Waals surface area contributed by atoms with Gasteiger partial charge in [0.2, 0.25) is 0 Å². The van der Waals surface area contributed by atoms with Crippen molar-refractivity contribution in [3.05, 3.63) is 59.4 Å². The zero-order chi connectivity index (χ0) is 15.5. The second-order valence-corrected chi connectivity index (χ2v) is 4.94. The molecule has 0 spiro atoms. The van der Waals surface area contributed by atoms with E-state index < -0.39 is 11.7 Å². The van der Waals surface area contributed by atoms with Crippen LogP contribution in [0.5, 0.6) is 0 Å². The smallest absolute Gasteiger partial charge is 0.398 e. The normalized spacial score (nSPS) is 13.1. The van der Waals surface area contributed by atoms with Gasteiger partial charge in [-0.2, -0.15) is 13.2 Å². The molecule has 1 aromatic heterocycles. The highest BCUT2D eigenvalue weighted by Crippen LogP contribution is 2.29. The van der Waals surface area contributed by atoms with Crippen LogP contribution in [0.15, 0.2) is 42.7 Å². The first-order valence-corrected chi connectivity index (χ1v) is 6.46. The number of pyridine rings is 1. The lowest BCUT2D eigenvalue weighted by atomic mass is 9.98. The Morgan fingerprint density at radius 2 is 1.90 bits per heavy atom. The predicted molar refractivity (Wildman–Crippen MR) is 75.5 cm³/mol. The van der Waals surface area contributed by atoms with Crippen LogP contribution in [0.2, 0.25) is 0 Å². The van der Waals surface area contributed by atoms with Crippen LogP contribution < -0.4 is 11.5 Å². The van der Waals surface area contributed by atoms with Crippen LogP contribution in [0.4, 0.5) is 18.9 Å². The average Bonchev–Trinajstić information content (AvgIpc) is 2.41. The van der Waals surface area contributed by atoms with Crippen molar-refractivity contribution >= 4 is 5.69 Å². The molecular weight excluding hydrogens is 279 g/mol. The number of aromatic nitrogens is 1. The first kappa shape index (κ1) is 15.3. The molecule has 1 atom stereocenters. The zero-order valence-electron chi connectivity index (χ0n) is 11.3. The maximum absolute atomic E-state index is 12.6. The zero-order valence-corrected chi connectivity index (χ0v) is 11.3. The van der Waals surface area contributed by atoms with Gasteiger partial charge in [-0.15, -0.1) is 0 Å². The lowest BCUT2D eigenvalue weighted by molar-refractivity contribution is -0.137. The van der Waals surface area contributed by atoms with Gasteiger partial charge in [-0.1, -0.05) is 18.2 Å². The fourth-order valence-corrected chi connectivity index (χ4v) is 2.14. The summed E-state index contributed by atoms with van der Waals surface area (Å²) in [5.74, 6) is 0. The largest absolute Gasteiger partial charge is 0.416 e. The first-order valence-electron chi connectivity index (χ1n) is 6.46. The molecule has 0 saturated carbocycles. The van der Waals surface area contributed by atoms with Crippen molar-refractivity contribution in [3.63, 3.8) is 0 Å². The molecule has 0 saturated heterocycles. The molecule has 21 heavy (non-hydrogen) atoms. The molecule has 1 heterocycles. The Hall–Kier alpha value is -2.08. The molecule has 0 radical (unpaired) electrons. The van der Waals surface area contributed by atoms with Gasteiger partial charge in [0, 0.05) is 24.1 Å². The van der Waals surface area contributed by atoms with E-state index in [1.54, 1.807) is 24.5 Å². The maximum atomic E-state index is 12.6. The van der Waals surface area contributed by atoms with Crippen LogP contribution in [0.1, 0.15) is 16.7 Å². The molecule has 1 unspecified atom stereocenters. The summed E-state index contributed by atoms with van der Waals surface area (Å²) in [6.07, 6.45) is -0.319. The van der Waals surface area contributed by atoms with E-state index in [-0.39, 0.29) is 6.04 Å². The standard InChI is InChI=1S/C15H16F3N3/c16-15(17,18)12-3-1-2-10(6-12)7-13(19)8-11-9-21-5-4-14(11)20/h1-6,9,13H,7-8,19H2,(H2,20,21). The van der Waals surface area contributed by atoms with Gasteiger partial charge < -0.3 is 11.5 Å². The Morgan fingerprint density at radius 1 is 1.14 bits per heavy atom. The second kappa shape index (κ2) is 6.13. The molecular formula is C15H16F3N3. The van der Waals surface area contributed by atoms with Crippen LogP contribution in [0, 0.1) is 0 Å². The summed E-state index contributed by atoms with van der Waals surface area (Å²) in [6.45, 7) is 0. The van der Waals surface area contributed by atoms with Crippen molar-refractivity contribution in [2.24, 2.45) is 5.73 Å². The van der Waals surface area contributed by atoms with Gasteiger partial charge >= 0.3 is 6.18 Å². The summed E-state index contributed by atoms with van der Waals surface area (Å²) in [5, 5.41) is 0. The van der Waals surface area contributed by atoms with Crippen molar-refractivity contribution in [1.82, 2.24) is 4.98 Å². The van der Waals surface area contributed by atoms with Gasteiger partial charge in [0.15, 0.2) is 0 Å². The number of anilines is 1. The average molecular weight is 295 g/mol. The van der Waals surface area contributed by atoms with Gasteiger partial charge in [-0.3, -0.25) is 4.98 Å². The minimum Gasteiger partial charge on any atom is -0.398 e. The monoisotopic (exact) mass is 295 g/mol. The fourth-order valence-electron chi connectivity index (χ4n) is 2.14. The summed E-state index contributed by atoms with van der Waals surface area (Å²) in [5.41, 5.74) is 13.1. The molecule has 0 aliphatic heterocycles. The summed E-state index contributed by atoms with van der Waals surface area (Å²) in [7, 11) is 0. The van der Waals surface area contributed by atoms with E-state index in [1.165, 1.54) is 6.07 Å². The van der Waals surface area contributed by atoms with Crippen molar-refractivity contribution in [2.45, 2.75) is 25.1 Å². The molecule has 2 rings (SSSR count). The summed E-state index contributed by atoms with van der Waals surface area (Å²) >= 11 is 0. The lowest BCUT2D eigenvalue weighted by Gasteiger charge is -2.14. The molecule has 3 nitrogen and oxygen atoms in total. The molecule has 4 N–H and O–H groups in total. The minimum absolute atomic E-state index is 0.319. The number of rotatable bonds is 4.